The zero-order chi connectivity index (χ0) is 15.1. The lowest BCUT2D eigenvalue weighted by molar-refractivity contribution is -0.137. The Morgan fingerprint density at radius 3 is 2.40 bits per heavy atom. The number of nitrogens with zero attached hydrogens (tertiary/aromatic N) is 1. The number of ether oxygens (including phenoxy) is 1. The van der Waals surface area contributed by atoms with Crippen molar-refractivity contribution in [3.05, 3.63) is 24.3 Å². The number of thiol groups is 1. The minimum absolute atomic E-state index is 0.258. The average Bonchev–Trinajstić information content (AvgIpc) is 2.44. The molecule has 0 spiro atoms. The van der Waals surface area contributed by atoms with Gasteiger partial charge >= 0.3 is 5.97 Å². The molecule has 110 valence electrons. The van der Waals surface area contributed by atoms with E-state index in [1.54, 1.807) is 31.2 Å². The zero-order valence-corrected chi connectivity index (χ0v) is 12.5. The number of benzene rings is 1. The number of carbonyl (C=O) groups is 2. The lowest BCUT2D eigenvalue weighted by atomic mass is 10.1. The van der Waals surface area contributed by atoms with Gasteiger partial charge in [0.2, 0.25) is 5.91 Å². The Morgan fingerprint density at radius 1 is 1.35 bits per heavy atom. The van der Waals surface area contributed by atoms with Crippen LogP contribution in [-0.2, 0) is 9.59 Å². The summed E-state index contributed by atoms with van der Waals surface area (Å²) in [6.07, 6.45) is 0. The van der Waals surface area contributed by atoms with Crippen molar-refractivity contribution in [3.8, 4) is 5.75 Å². The molecule has 5 nitrogen and oxygen atoms in total. The molecule has 0 aliphatic carbocycles. The van der Waals surface area contributed by atoms with Crippen molar-refractivity contribution < 1.29 is 19.4 Å². The highest BCUT2D eigenvalue weighted by molar-refractivity contribution is 7.80. The minimum Gasteiger partial charge on any atom is -0.494 e. The fraction of sp³-hybridized carbons (Fsp3) is 0.429. The number of hydrogen-bond donors (Lipinski definition) is 2. The molecule has 0 saturated carbocycles. The van der Waals surface area contributed by atoms with Crippen molar-refractivity contribution in [1.29, 1.82) is 0 Å². The van der Waals surface area contributed by atoms with E-state index in [9.17, 15) is 9.59 Å². The first-order chi connectivity index (χ1) is 9.49. The van der Waals surface area contributed by atoms with Crippen molar-refractivity contribution in [1.82, 2.24) is 0 Å². The largest absolute Gasteiger partial charge is 0.494 e. The number of carboxylic acids is 1. The predicted molar refractivity (Wildman–Crippen MR) is 80.6 cm³/mol. The van der Waals surface area contributed by atoms with E-state index in [-0.39, 0.29) is 18.4 Å². The van der Waals surface area contributed by atoms with E-state index in [1.807, 2.05) is 6.92 Å². The highest BCUT2D eigenvalue weighted by Gasteiger charge is 2.23. The smallest absolute Gasteiger partial charge is 0.323 e. The predicted octanol–water partition coefficient (Wildman–Crippen LogP) is 2.07. The Hall–Kier alpha value is -1.69. The molecule has 1 aromatic rings. The van der Waals surface area contributed by atoms with Crippen LogP contribution in [0.2, 0.25) is 0 Å². The van der Waals surface area contributed by atoms with E-state index in [0.29, 0.717) is 23.8 Å². The highest BCUT2D eigenvalue weighted by atomic mass is 32.1. The molecule has 0 unspecified atom stereocenters. The summed E-state index contributed by atoms with van der Waals surface area (Å²) in [5, 5.41) is 8.95. The highest BCUT2D eigenvalue weighted by Crippen LogP contribution is 2.21. The Labute approximate surface area is 123 Å². The van der Waals surface area contributed by atoms with Crippen LogP contribution in [0.4, 0.5) is 5.69 Å². The average molecular weight is 297 g/mol. The van der Waals surface area contributed by atoms with Crippen molar-refractivity contribution >= 4 is 30.2 Å². The Balaban J connectivity index is 2.97. The normalized spacial score (nSPS) is 11.8. The van der Waals surface area contributed by atoms with Crippen LogP contribution >= 0.6 is 12.6 Å². The quantitative estimate of drug-likeness (QED) is 0.756. The molecular weight excluding hydrogens is 278 g/mol. The summed E-state index contributed by atoms with van der Waals surface area (Å²) in [5.74, 6) is -0.609. The second-order valence-corrected chi connectivity index (χ2v) is 4.69. The monoisotopic (exact) mass is 297 g/mol. The summed E-state index contributed by atoms with van der Waals surface area (Å²) >= 11 is 4.08. The maximum atomic E-state index is 12.2. The van der Waals surface area contributed by atoms with Gasteiger partial charge < -0.3 is 14.7 Å². The molecule has 0 radical (unpaired) electrons. The number of anilines is 1. The molecule has 0 heterocycles. The second-order valence-electron chi connectivity index (χ2n) is 4.33. The maximum Gasteiger partial charge on any atom is 0.323 e. The Morgan fingerprint density at radius 2 is 1.95 bits per heavy atom. The molecule has 0 aromatic heterocycles. The van der Waals surface area contributed by atoms with Crippen LogP contribution in [0.5, 0.6) is 5.75 Å². The summed E-state index contributed by atoms with van der Waals surface area (Å²) in [5.41, 5.74) is 0.537. The van der Waals surface area contributed by atoms with Gasteiger partial charge in [-0.3, -0.25) is 9.59 Å². The molecule has 1 rings (SSSR count). The molecule has 1 aromatic carbocycles. The molecule has 0 saturated heterocycles. The van der Waals surface area contributed by atoms with E-state index in [4.69, 9.17) is 9.84 Å². The standard InChI is InChI=1S/C14H19NO4S/c1-3-19-12-6-4-11(5-7-12)15(8-13(16)17)14(18)10(2)9-20/h4-7,10,20H,3,8-9H2,1-2H3,(H,16,17)/t10-/m0/s1. The van der Waals surface area contributed by atoms with Crippen LogP contribution in [0.3, 0.4) is 0 Å². The van der Waals surface area contributed by atoms with Crippen molar-refractivity contribution in [3.63, 3.8) is 0 Å². The van der Waals surface area contributed by atoms with Crippen LogP contribution in [0.1, 0.15) is 13.8 Å². The lowest BCUT2D eigenvalue weighted by Gasteiger charge is -2.23. The summed E-state index contributed by atoms with van der Waals surface area (Å²) in [6, 6.07) is 6.78. The number of aliphatic carboxylic acids is 1. The summed E-state index contributed by atoms with van der Waals surface area (Å²) in [6.45, 7) is 3.78. The van der Waals surface area contributed by atoms with Crippen molar-refractivity contribution in [2.24, 2.45) is 5.92 Å². The van der Waals surface area contributed by atoms with Crippen LogP contribution < -0.4 is 9.64 Å². The molecular formula is C14H19NO4S. The van der Waals surface area contributed by atoms with Gasteiger partial charge in [0.05, 0.1) is 6.61 Å². The first kappa shape index (κ1) is 16.4. The zero-order valence-electron chi connectivity index (χ0n) is 11.6. The molecule has 0 aliphatic heterocycles. The third kappa shape index (κ3) is 4.45. The topological polar surface area (TPSA) is 66.8 Å². The summed E-state index contributed by atoms with van der Waals surface area (Å²) < 4.78 is 5.32. The van der Waals surface area contributed by atoms with Gasteiger partial charge in [0.15, 0.2) is 0 Å². The van der Waals surface area contributed by atoms with E-state index in [2.05, 4.69) is 12.6 Å². The van der Waals surface area contributed by atoms with Gasteiger partial charge in [0.25, 0.3) is 0 Å². The molecule has 0 fully saturated rings. The molecule has 0 aliphatic rings. The van der Waals surface area contributed by atoms with Crippen molar-refractivity contribution in [2.75, 3.05) is 23.8 Å². The number of hydrogen-bond acceptors (Lipinski definition) is 4. The van der Waals surface area contributed by atoms with Crippen LogP contribution in [-0.4, -0.2) is 35.9 Å². The fourth-order valence-electron chi connectivity index (χ4n) is 1.66. The minimum atomic E-state index is -1.06. The Bertz CT molecular complexity index is 461. The second kappa shape index (κ2) is 7.79. The number of rotatable bonds is 7. The van der Waals surface area contributed by atoms with Gasteiger partial charge in [-0.1, -0.05) is 6.92 Å². The van der Waals surface area contributed by atoms with E-state index in [0.717, 1.165) is 0 Å². The molecule has 6 heteroatoms. The fourth-order valence-corrected chi connectivity index (χ4v) is 1.82. The third-order valence-electron chi connectivity index (χ3n) is 2.71. The van der Waals surface area contributed by atoms with Crippen LogP contribution in [0.15, 0.2) is 24.3 Å². The molecule has 20 heavy (non-hydrogen) atoms. The molecule has 0 bridgehead atoms. The maximum absolute atomic E-state index is 12.2. The SMILES string of the molecule is CCOc1ccc(N(CC(=O)O)C(=O)[C@@H](C)CS)cc1. The summed E-state index contributed by atoms with van der Waals surface area (Å²) in [7, 11) is 0. The van der Waals surface area contributed by atoms with Gasteiger partial charge in [-0.2, -0.15) is 12.6 Å². The molecule has 1 amide bonds. The van der Waals surface area contributed by atoms with Gasteiger partial charge in [0, 0.05) is 17.4 Å². The number of carbonyl (C=O) groups excluding carboxylic acids is 1. The summed E-state index contributed by atoms with van der Waals surface area (Å²) in [4.78, 5) is 24.4. The van der Waals surface area contributed by atoms with Gasteiger partial charge in [-0.15, -0.1) is 0 Å². The van der Waals surface area contributed by atoms with Gasteiger partial charge in [-0.05, 0) is 31.2 Å². The van der Waals surface area contributed by atoms with E-state index in [1.165, 1.54) is 4.90 Å². The molecule has 1 atom stereocenters. The van der Waals surface area contributed by atoms with Crippen molar-refractivity contribution in [2.45, 2.75) is 13.8 Å². The van der Waals surface area contributed by atoms with E-state index >= 15 is 0 Å². The van der Waals surface area contributed by atoms with Crippen LogP contribution in [0.25, 0.3) is 0 Å². The first-order valence-electron chi connectivity index (χ1n) is 6.36. The van der Waals surface area contributed by atoms with Crippen LogP contribution in [0, 0.1) is 5.92 Å². The van der Waals surface area contributed by atoms with Gasteiger partial charge in [0.1, 0.15) is 12.3 Å². The molecule has 1 N–H and O–H groups in total. The first-order valence-corrected chi connectivity index (χ1v) is 6.99. The lowest BCUT2D eigenvalue weighted by Crippen LogP contribution is -2.39. The van der Waals surface area contributed by atoms with Gasteiger partial charge in [-0.25, -0.2) is 0 Å². The third-order valence-corrected chi connectivity index (χ3v) is 3.26. The Kier molecular flexibility index (Phi) is 6.38. The van der Waals surface area contributed by atoms with E-state index < -0.39 is 5.97 Å². The number of carboxylic acid groups (broad SMARTS) is 1. The number of amides is 1.